The van der Waals surface area contributed by atoms with Crippen molar-refractivity contribution in [2.45, 2.75) is 13.2 Å². The first kappa shape index (κ1) is 12.7. The van der Waals surface area contributed by atoms with E-state index in [0.29, 0.717) is 0 Å². The monoisotopic (exact) mass is 167 g/mol. The minimum Gasteiger partial charge on any atom is -0.362 e. The van der Waals surface area contributed by atoms with Crippen LogP contribution < -0.4 is 0 Å². The summed E-state index contributed by atoms with van der Waals surface area (Å²) in [6.07, 6.45) is -0.181. The molecule has 0 spiro atoms. The van der Waals surface area contributed by atoms with Crippen LogP contribution in [0.15, 0.2) is 0 Å². The molecule has 0 saturated carbocycles. The molecule has 5 heteroatoms. The maximum atomic E-state index is 4.87. The van der Waals surface area contributed by atoms with Gasteiger partial charge >= 0.3 is 0 Å². The number of nitrogens with zero attached hydrogens (tertiary/aromatic N) is 1. The predicted octanol–water partition coefficient (Wildman–Crippen LogP) is -1.05. The molecule has 0 aliphatic heterocycles. The van der Waals surface area contributed by atoms with Gasteiger partial charge in [-0.15, -0.1) is 0 Å². The Bertz CT molecular complexity index is 69.9. The minimum atomic E-state index is -0.181. The van der Waals surface area contributed by atoms with E-state index >= 15 is 0 Å². The first-order valence-electron chi connectivity index (χ1n) is 2.66. The molecule has 0 bridgehead atoms. The van der Waals surface area contributed by atoms with Crippen LogP contribution in [0, 0.1) is 0 Å². The number of hydrogen-bond acceptors (Lipinski definition) is 4. The predicted molar refractivity (Wildman–Crippen MR) is 43.7 cm³/mol. The van der Waals surface area contributed by atoms with E-state index in [1.54, 1.807) is 7.11 Å². The van der Waals surface area contributed by atoms with Crippen molar-refractivity contribution >= 4 is 11.0 Å². The van der Waals surface area contributed by atoms with Crippen molar-refractivity contribution in [2.75, 3.05) is 21.3 Å². The Labute approximate surface area is 66.0 Å². The zero-order valence-corrected chi connectivity index (χ0v) is 6.25. The third kappa shape index (κ3) is 3.97. The van der Waals surface area contributed by atoms with Crippen LogP contribution in [0.3, 0.4) is 0 Å². The van der Waals surface area contributed by atoms with Crippen LogP contribution in [0.2, 0.25) is 0 Å². The molecule has 0 heterocycles. The maximum absolute atomic E-state index is 4.87. The van der Waals surface area contributed by atoms with Crippen LogP contribution in [0.1, 0.15) is 6.92 Å². The fourth-order valence-electron chi connectivity index (χ4n) is 0.457. The topological polar surface area (TPSA) is 30.9 Å². The fourth-order valence-corrected chi connectivity index (χ4v) is 0.457. The third-order valence-electron chi connectivity index (χ3n) is 0.998. The lowest BCUT2D eigenvalue weighted by Crippen LogP contribution is -2.32. The molecule has 0 aromatic carbocycles. The average Bonchev–Trinajstić information content (AvgIpc) is 1.90. The molecule has 0 aliphatic rings. The van der Waals surface area contributed by atoms with E-state index in [4.69, 9.17) is 14.4 Å². The second-order valence-electron chi connectivity index (χ2n) is 1.49. The lowest BCUT2D eigenvalue weighted by atomic mass is 10.7. The highest BCUT2D eigenvalue weighted by molar-refractivity contribution is 5.75. The van der Waals surface area contributed by atoms with Crippen molar-refractivity contribution in [1.82, 2.24) is 5.23 Å². The Morgan fingerprint density at radius 2 is 1.50 bits per heavy atom. The Morgan fingerprint density at radius 3 is 1.60 bits per heavy atom. The van der Waals surface area contributed by atoms with Crippen LogP contribution in [-0.4, -0.2) is 43.7 Å². The number of methoxy groups -OCH3 is 1. The van der Waals surface area contributed by atoms with E-state index in [9.17, 15) is 0 Å². The van der Waals surface area contributed by atoms with E-state index in [1.807, 2.05) is 6.92 Å². The van der Waals surface area contributed by atoms with Crippen molar-refractivity contribution in [3.63, 3.8) is 0 Å². The fraction of sp³-hybridized carbons (Fsp3) is 1.00. The molecule has 0 radical (unpaired) electrons. The smallest absolute Gasteiger partial charge is 0.157 e. The second-order valence-corrected chi connectivity index (χ2v) is 1.49. The summed E-state index contributed by atoms with van der Waals surface area (Å²) in [5.41, 5.74) is 0. The molecule has 1 unspecified atom stereocenters. The molecule has 0 rings (SSSR count). The van der Waals surface area contributed by atoms with Crippen LogP contribution in [0.5, 0.6) is 0 Å². The summed E-state index contributed by atoms with van der Waals surface area (Å²) in [5.74, 6) is 0. The number of hydrogen-bond donors (Lipinski definition) is 0. The largest absolute Gasteiger partial charge is 0.362 e. The van der Waals surface area contributed by atoms with Crippen LogP contribution in [-0.2, 0) is 14.4 Å². The summed E-state index contributed by atoms with van der Waals surface area (Å²) in [4.78, 5) is 9.48. The second kappa shape index (κ2) is 7.17. The Kier molecular flexibility index (Phi) is 9.11. The first-order valence-corrected chi connectivity index (χ1v) is 2.66. The standard InChI is InChI=1S/C5H13NO3.H4Si/c1-5(7-2)6(8-3)9-4;/h5H,1-4H3;1H4. The number of ether oxygens (including phenoxy) is 1. The molecule has 0 fully saturated rings. The Balaban J connectivity index is 0. The van der Waals surface area contributed by atoms with E-state index in [2.05, 4.69) is 0 Å². The van der Waals surface area contributed by atoms with Gasteiger partial charge in [-0.3, -0.25) is 9.68 Å². The Morgan fingerprint density at radius 1 is 1.10 bits per heavy atom. The van der Waals surface area contributed by atoms with Gasteiger partial charge in [0.15, 0.2) is 6.23 Å². The van der Waals surface area contributed by atoms with Crippen molar-refractivity contribution in [3.05, 3.63) is 0 Å². The zero-order chi connectivity index (χ0) is 7.28. The molecular weight excluding hydrogens is 150 g/mol. The molecule has 0 N–H and O–H groups in total. The van der Waals surface area contributed by atoms with E-state index in [1.165, 1.54) is 19.4 Å². The van der Waals surface area contributed by atoms with E-state index in [0.717, 1.165) is 0 Å². The van der Waals surface area contributed by atoms with Crippen molar-refractivity contribution in [3.8, 4) is 0 Å². The van der Waals surface area contributed by atoms with Crippen LogP contribution in [0.25, 0.3) is 0 Å². The van der Waals surface area contributed by atoms with Gasteiger partial charge in [-0.25, -0.2) is 0 Å². The molecule has 0 aromatic rings. The summed E-state index contributed by atoms with van der Waals surface area (Å²) >= 11 is 0. The van der Waals surface area contributed by atoms with E-state index < -0.39 is 0 Å². The van der Waals surface area contributed by atoms with Gasteiger partial charge in [-0.1, -0.05) is 0 Å². The van der Waals surface area contributed by atoms with Gasteiger partial charge in [0.25, 0.3) is 0 Å². The van der Waals surface area contributed by atoms with Gasteiger partial charge < -0.3 is 4.74 Å². The Hall–Kier alpha value is 0.0569. The van der Waals surface area contributed by atoms with Crippen molar-refractivity contribution < 1.29 is 14.4 Å². The molecular formula is C5H17NO3Si. The highest BCUT2D eigenvalue weighted by Gasteiger charge is 2.09. The summed E-state index contributed by atoms with van der Waals surface area (Å²) in [5, 5.41) is 1.25. The van der Waals surface area contributed by atoms with Crippen LogP contribution >= 0.6 is 0 Å². The van der Waals surface area contributed by atoms with E-state index in [-0.39, 0.29) is 17.2 Å². The van der Waals surface area contributed by atoms with Crippen LogP contribution in [0.4, 0.5) is 0 Å². The lowest BCUT2D eigenvalue weighted by molar-refractivity contribution is -0.396. The van der Waals surface area contributed by atoms with Gasteiger partial charge in [0.1, 0.15) is 0 Å². The number of rotatable bonds is 4. The summed E-state index contributed by atoms with van der Waals surface area (Å²) in [7, 11) is 4.60. The summed E-state index contributed by atoms with van der Waals surface area (Å²) < 4.78 is 4.87. The SMILES string of the molecule is COC(C)N(OC)OC.[SiH4]. The summed E-state index contributed by atoms with van der Waals surface area (Å²) in [6.45, 7) is 1.81. The van der Waals surface area contributed by atoms with Gasteiger partial charge in [-0.05, 0) is 23.1 Å². The summed E-state index contributed by atoms with van der Waals surface area (Å²) in [6, 6.07) is 0. The number of hydroxylamine groups is 2. The highest BCUT2D eigenvalue weighted by Crippen LogP contribution is 1.97. The molecule has 0 saturated heterocycles. The normalized spacial score (nSPS) is 12.9. The highest BCUT2D eigenvalue weighted by atomic mass is 28.1. The lowest BCUT2D eigenvalue weighted by Gasteiger charge is -2.21. The quantitative estimate of drug-likeness (QED) is 0.304. The maximum Gasteiger partial charge on any atom is 0.157 e. The third-order valence-corrected chi connectivity index (χ3v) is 0.998. The molecule has 0 amide bonds. The van der Waals surface area contributed by atoms with Gasteiger partial charge in [0.05, 0.1) is 14.2 Å². The van der Waals surface area contributed by atoms with Crippen molar-refractivity contribution in [2.24, 2.45) is 0 Å². The zero-order valence-electron chi connectivity index (χ0n) is 6.25. The minimum absolute atomic E-state index is 0. The molecule has 1 atom stereocenters. The molecule has 0 aliphatic carbocycles. The molecule has 10 heavy (non-hydrogen) atoms. The van der Waals surface area contributed by atoms with Gasteiger partial charge in [0, 0.05) is 7.11 Å². The molecule has 64 valence electrons. The van der Waals surface area contributed by atoms with Gasteiger partial charge in [-0.2, -0.15) is 0 Å². The average molecular weight is 167 g/mol. The van der Waals surface area contributed by atoms with Crippen molar-refractivity contribution in [1.29, 1.82) is 0 Å². The molecule has 0 aromatic heterocycles. The van der Waals surface area contributed by atoms with Gasteiger partial charge in [0.2, 0.25) is 0 Å². The molecule has 4 nitrogen and oxygen atoms in total. The first-order chi connectivity index (χ1) is 4.26.